The minimum absolute atomic E-state index is 0.366. The number of benzene rings is 2. The third-order valence-electron chi connectivity index (χ3n) is 3.87. The van der Waals surface area contributed by atoms with Gasteiger partial charge in [0.25, 0.3) is 5.89 Å². The molecule has 0 saturated carbocycles. The van der Waals surface area contributed by atoms with E-state index in [1.165, 1.54) is 0 Å². The number of hydrogen-bond donors (Lipinski definition) is 1. The van der Waals surface area contributed by atoms with Crippen LogP contribution >= 0.6 is 15.9 Å². The average Bonchev–Trinajstić information content (AvgIpc) is 3.02. The third-order valence-corrected chi connectivity index (χ3v) is 4.32. The Hall–Kier alpha value is -2.60. The van der Waals surface area contributed by atoms with Gasteiger partial charge in [0.15, 0.2) is 0 Å². The predicted octanol–water partition coefficient (Wildman–Crippen LogP) is 4.58. The van der Waals surface area contributed by atoms with E-state index in [1.54, 1.807) is 13.2 Å². The highest BCUT2D eigenvalue weighted by Crippen LogP contribution is 2.28. The number of ether oxygens (including phenoxy) is 1. The highest BCUT2D eigenvalue weighted by molar-refractivity contribution is 9.10. The molecule has 3 aromatic rings. The number of nitrogens with two attached hydrogens (primary N) is 1. The molecule has 0 spiro atoms. The van der Waals surface area contributed by atoms with Crippen LogP contribution in [-0.2, 0) is 0 Å². The van der Waals surface area contributed by atoms with Gasteiger partial charge < -0.3 is 15.0 Å². The van der Waals surface area contributed by atoms with Gasteiger partial charge in [-0.25, -0.2) is 0 Å². The van der Waals surface area contributed by atoms with E-state index in [9.17, 15) is 0 Å². The van der Waals surface area contributed by atoms with Crippen LogP contribution in [0.3, 0.4) is 0 Å². The summed E-state index contributed by atoms with van der Waals surface area (Å²) in [6.07, 6.45) is 1.67. The van der Waals surface area contributed by atoms with E-state index in [2.05, 4.69) is 26.1 Å². The van der Waals surface area contributed by atoms with Crippen molar-refractivity contribution in [3.63, 3.8) is 0 Å². The normalized spacial score (nSPS) is 11.6. The number of hydrogen-bond acceptors (Lipinski definition) is 5. The van der Waals surface area contributed by atoms with Crippen molar-refractivity contribution in [1.29, 1.82) is 0 Å². The Morgan fingerprint density at radius 3 is 2.40 bits per heavy atom. The van der Waals surface area contributed by atoms with Crippen molar-refractivity contribution in [2.45, 2.75) is 13.8 Å². The Morgan fingerprint density at radius 2 is 1.80 bits per heavy atom. The molecular formula is C19H18BrN3O2. The first-order valence-corrected chi connectivity index (χ1v) is 8.49. The van der Waals surface area contributed by atoms with Gasteiger partial charge in [-0.15, -0.1) is 0 Å². The molecule has 2 N–H and O–H groups in total. The van der Waals surface area contributed by atoms with Crippen LogP contribution in [0.4, 0.5) is 0 Å². The van der Waals surface area contributed by atoms with Gasteiger partial charge in [0, 0.05) is 21.8 Å². The molecule has 0 fully saturated rings. The lowest BCUT2D eigenvalue weighted by Crippen LogP contribution is -1.96. The van der Waals surface area contributed by atoms with Crippen molar-refractivity contribution in [3.05, 3.63) is 63.5 Å². The maximum atomic E-state index is 6.13. The van der Waals surface area contributed by atoms with E-state index in [-0.39, 0.29) is 0 Å². The van der Waals surface area contributed by atoms with Crippen LogP contribution in [0, 0.1) is 13.8 Å². The molecule has 0 saturated heterocycles. The van der Waals surface area contributed by atoms with E-state index < -0.39 is 0 Å². The predicted molar refractivity (Wildman–Crippen MR) is 102 cm³/mol. The number of aromatic nitrogens is 2. The zero-order valence-electron chi connectivity index (χ0n) is 14.2. The lowest BCUT2D eigenvalue weighted by atomic mass is 10.0. The molecule has 0 aliphatic rings. The Morgan fingerprint density at radius 1 is 1.16 bits per heavy atom. The molecule has 6 heteroatoms. The Balaban J connectivity index is 1.91. The Bertz CT molecular complexity index is 907. The minimum atomic E-state index is 0.366. The number of methoxy groups -OCH3 is 1. The number of halogens is 1. The lowest BCUT2D eigenvalue weighted by molar-refractivity contribution is 0.411. The molecule has 25 heavy (non-hydrogen) atoms. The molecule has 0 unspecified atom stereocenters. The van der Waals surface area contributed by atoms with Gasteiger partial charge in [0.05, 0.1) is 7.11 Å². The number of aryl methyl sites for hydroxylation is 2. The standard InChI is InChI=1S/C19H18BrN3O2/c1-11-8-14(20)9-12(2)18(11)19-22-17(25-23-19)10-16(21)13-4-6-15(24-3)7-5-13/h4-10H,21H2,1-3H3/b16-10-. The first-order valence-electron chi connectivity index (χ1n) is 7.70. The van der Waals surface area contributed by atoms with Gasteiger partial charge >= 0.3 is 0 Å². The molecule has 128 valence electrons. The van der Waals surface area contributed by atoms with E-state index >= 15 is 0 Å². The van der Waals surface area contributed by atoms with Gasteiger partial charge in [-0.1, -0.05) is 21.1 Å². The SMILES string of the molecule is COc1ccc(/C(N)=C/c2nc(-c3c(C)cc(Br)cc3C)no2)cc1. The molecule has 2 aromatic carbocycles. The topological polar surface area (TPSA) is 74.2 Å². The first kappa shape index (κ1) is 17.2. The van der Waals surface area contributed by atoms with Crippen molar-refractivity contribution in [2.75, 3.05) is 7.11 Å². The molecule has 0 atom stereocenters. The molecular weight excluding hydrogens is 382 g/mol. The second-order valence-corrected chi connectivity index (χ2v) is 6.61. The summed E-state index contributed by atoms with van der Waals surface area (Å²) in [7, 11) is 1.63. The van der Waals surface area contributed by atoms with Crippen LogP contribution in [0.2, 0.25) is 0 Å². The monoisotopic (exact) mass is 399 g/mol. The molecule has 0 radical (unpaired) electrons. The van der Waals surface area contributed by atoms with Crippen LogP contribution in [0.5, 0.6) is 5.75 Å². The fourth-order valence-electron chi connectivity index (χ4n) is 2.66. The summed E-state index contributed by atoms with van der Waals surface area (Å²) in [6.45, 7) is 4.04. The molecule has 1 heterocycles. The Labute approximate surface area is 154 Å². The summed E-state index contributed by atoms with van der Waals surface area (Å²) < 4.78 is 11.5. The summed E-state index contributed by atoms with van der Waals surface area (Å²) >= 11 is 3.49. The zero-order valence-corrected chi connectivity index (χ0v) is 15.8. The first-order chi connectivity index (χ1) is 12.0. The van der Waals surface area contributed by atoms with Crippen LogP contribution in [-0.4, -0.2) is 17.3 Å². The Kier molecular flexibility index (Phi) is 4.90. The van der Waals surface area contributed by atoms with E-state index in [4.69, 9.17) is 15.0 Å². The summed E-state index contributed by atoms with van der Waals surface area (Å²) in [4.78, 5) is 4.46. The third kappa shape index (κ3) is 3.74. The quantitative estimate of drug-likeness (QED) is 0.694. The number of rotatable bonds is 4. The van der Waals surface area contributed by atoms with Crippen molar-refractivity contribution >= 4 is 27.7 Å². The van der Waals surface area contributed by atoms with Crippen LogP contribution in [0.15, 0.2) is 45.4 Å². The summed E-state index contributed by atoms with van der Waals surface area (Å²) in [5.41, 5.74) is 10.7. The van der Waals surface area contributed by atoms with Crippen molar-refractivity contribution in [1.82, 2.24) is 10.1 Å². The molecule has 1 aromatic heterocycles. The second-order valence-electron chi connectivity index (χ2n) is 5.70. The number of nitrogens with zero attached hydrogens (tertiary/aromatic N) is 2. The molecule has 0 aliphatic carbocycles. The highest BCUT2D eigenvalue weighted by Gasteiger charge is 2.13. The van der Waals surface area contributed by atoms with E-state index in [1.807, 2.05) is 50.2 Å². The van der Waals surface area contributed by atoms with Crippen molar-refractivity contribution in [3.8, 4) is 17.1 Å². The molecule has 0 amide bonds. The smallest absolute Gasteiger partial charge is 0.253 e. The highest BCUT2D eigenvalue weighted by atomic mass is 79.9. The van der Waals surface area contributed by atoms with Gasteiger partial charge in [-0.3, -0.25) is 0 Å². The van der Waals surface area contributed by atoms with Crippen LogP contribution in [0.25, 0.3) is 23.2 Å². The van der Waals surface area contributed by atoms with Gasteiger partial charge in [0.2, 0.25) is 5.82 Å². The lowest BCUT2D eigenvalue weighted by Gasteiger charge is -2.06. The second kappa shape index (κ2) is 7.11. The molecule has 0 bridgehead atoms. The fraction of sp³-hybridized carbons (Fsp3) is 0.158. The molecule has 5 nitrogen and oxygen atoms in total. The minimum Gasteiger partial charge on any atom is -0.497 e. The van der Waals surface area contributed by atoms with E-state index in [0.717, 1.165) is 32.5 Å². The van der Waals surface area contributed by atoms with Crippen molar-refractivity contribution < 1.29 is 9.26 Å². The van der Waals surface area contributed by atoms with Crippen LogP contribution < -0.4 is 10.5 Å². The summed E-state index contributed by atoms with van der Waals surface area (Å²) in [5, 5.41) is 4.09. The van der Waals surface area contributed by atoms with Crippen molar-refractivity contribution in [2.24, 2.45) is 5.73 Å². The largest absolute Gasteiger partial charge is 0.497 e. The summed E-state index contributed by atoms with van der Waals surface area (Å²) in [5.74, 6) is 1.69. The van der Waals surface area contributed by atoms with Crippen LogP contribution in [0.1, 0.15) is 22.6 Å². The van der Waals surface area contributed by atoms with Gasteiger partial charge in [0.1, 0.15) is 5.75 Å². The average molecular weight is 400 g/mol. The zero-order chi connectivity index (χ0) is 18.0. The fourth-order valence-corrected chi connectivity index (χ4v) is 3.35. The maximum absolute atomic E-state index is 6.13. The van der Waals surface area contributed by atoms with Gasteiger partial charge in [-0.05, 0) is 66.9 Å². The van der Waals surface area contributed by atoms with Gasteiger partial charge in [-0.2, -0.15) is 4.98 Å². The molecule has 3 rings (SSSR count). The van der Waals surface area contributed by atoms with E-state index in [0.29, 0.717) is 17.4 Å². The molecule has 0 aliphatic heterocycles. The maximum Gasteiger partial charge on any atom is 0.253 e. The summed E-state index contributed by atoms with van der Waals surface area (Å²) in [6, 6.07) is 11.5.